The number of methoxy groups -OCH3 is 4. The minimum atomic E-state index is -1.11. The van der Waals surface area contributed by atoms with Crippen molar-refractivity contribution >= 4 is 59.9 Å². The second-order valence-corrected chi connectivity index (χ2v) is 25.4. The van der Waals surface area contributed by atoms with Gasteiger partial charge in [0.25, 0.3) is 0 Å². The summed E-state index contributed by atoms with van der Waals surface area (Å²) in [6.45, 7) is 26.7. The number of ether oxygens (including phenoxy) is 4. The van der Waals surface area contributed by atoms with E-state index in [1.165, 1.54) is 51.4 Å². The van der Waals surface area contributed by atoms with Crippen molar-refractivity contribution in [3.8, 4) is 23.0 Å². The van der Waals surface area contributed by atoms with Gasteiger partial charge in [-0.3, -0.25) is 0 Å². The third kappa shape index (κ3) is 11.9. The second kappa shape index (κ2) is 21.6. The molecule has 0 saturated heterocycles. The Kier molecular flexibility index (Phi) is 18.0. The van der Waals surface area contributed by atoms with Crippen molar-refractivity contribution in [1.82, 2.24) is 0 Å². The largest absolute Gasteiger partial charge is 2.00 e. The van der Waals surface area contributed by atoms with E-state index in [2.05, 4.69) is 132 Å². The first-order valence-electron chi connectivity index (χ1n) is 23.3. The molecule has 8 rings (SSSR count). The summed E-state index contributed by atoms with van der Waals surface area (Å²) in [5.74, 6) is 3.32. The molecule has 2 saturated carbocycles. The molecule has 2 aliphatic carbocycles. The van der Waals surface area contributed by atoms with Gasteiger partial charge in [-0.1, -0.05) is 109 Å². The van der Waals surface area contributed by atoms with Crippen molar-refractivity contribution < 1.29 is 52.8 Å². The minimum Gasteiger partial charge on any atom is -0.497 e. The maximum Gasteiger partial charge on any atom is 2.00 e. The first kappa shape index (κ1) is 56.0. The number of rotatable bonds is 6. The second-order valence-electron chi connectivity index (χ2n) is 22.0. The molecular weight excluding hydrogens is 918 g/mol. The Labute approximate surface area is 415 Å². The van der Waals surface area contributed by atoms with Crippen molar-refractivity contribution in [2.75, 3.05) is 28.4 Å². The zero-order valence-electron chi connectivity index (χ0n) is 43.9. The quantitative estimate of drug-likeness (QED) is 0.120. The standard InChI is InChI=1S/2C27H37O4P.2CH3.Fe/c2*1-26(2,3)22-15-17(28-7)13-20-21-14-18(29-8)16-23(27(4,5)6)25(21)31-32(30-24(20)22)19-11-9-10-12-19;;;/h2*13-16,19H,9-12H2,1-8H3;2*1H3;/q;;2*-1;+2. The first-order valence-corrected chi connectivity index (χ1v) is 25.8. The van der Waals surface area contributed by atoms with Crippen LogP contribution >= 0.6 is 16.0 Å². The fourth-order valence-electron chi connectivity index (χ4n) is 9.23. The molecule has 0 atom stereocenters. The van der Waals surface area contributed by atoms with Crippen LogP contribution in [0.15, 0.2) is 65.3 Å². The molecule has 8 nitrogen and oxygen atoms in total. The topological polar surface area (TPSA) is 89.5 Å². The number of fused-ring (bicyclic) bond motifs is 6. The summed E-state index contributed by atoms with van der Waals surface area (Å²) in [5.41, 5.74) is 8.80. The fraction of sp³-hybridized carbons (Fsp3) is 0.536. The van der Waals surface area contributed by atoms with E-state index in [1.54, 1.807) is 28.4 Å². The fourth-order valence-corrected chi connectivity index (χ4v) is 13.0. The van der Waals surface area contributed by atoms with Gasteiger partial charge in [0.15, 0.2) is 0 Å². The van der Waals surface area contributed by atoms with Crippen LogP contribution in [0.25, 0.3) is 43.9 Å². The summed E-state index contributed by atoms with van der Waals surface area (Å²) in [7, 11) is 4.67. The van der Waals surface area contributed by atoms with Crippen LogP contribution in [-0.4, -0.2) is 28.4 Å². The molecule has 0 N–H and O–H groups in total. The van der Waals surface area contributed by atoms with Crippen molar-refractivity contribution in [1.29, 1.82) is 0 Å². The van der Waals surface area contributed by atoms with Gasteiger partial charge in [-0.15, -0.1) is 0 Å². The minimum absolute atomic E-state index is 0. The molecule has 0 unspecified atom stereocenters. The van der Waals surface area contributed by atoms with Gasteiger partial charge in [-0.05, 0) is 95.9 Å². The van der Waals surface area contributed by atoms with E-state index < -0.39 is 16.0 Å². The summed E-state index contributed by atoms with van der Waals surface area (Å²) in [4.78, 5) is 0. The van der Waals surface area contributed by atoms with Crippen molar-refractivity contribution in [2.24, 2.45) is 0 Å². The van der Waals surface area contributed by atoms with Crippen molar-refractivity contribution in [2.45, 2.75) is 167 Å². The molecule has 0 bridgehead atoms. The number of hydrogen-bond acceptors (Lipinski definition) is 8. The van der Waals surface area contributed by atoms with Gasteiger partial charge in [0.2, 0.25) is 16.0 Å². The third-order valence-corrected chi connectivity index (χ3v) is 16.7. The average molecular weight is 999 g/mol. The molecule has 11 heteroatoms. The molecule has 6 aromatic rings. The van der Waals surface area contributed by atoms with Gasteiger partial charge in [0.1, 0.15) is 45.3 Å². The molecule has 0 amide bonds. The van der Waals surface area contributed by atoms with E-state index in [4.69, 9.17) is 35.7 Å². The zero-order valence-corrected chi connectivity index (χ0v) is 46.8. The Hall–Kier alpha value is -3.60. The predicted octanol–water partition coefficient (Wildman–Crippen LogP) is 18.9. The average Bonchev–Trinajstić information content (AvgIpc) is 3.93. The maximum atomic E-state index is 6.87. The third-order valence-electron chi connectivity index (χ3n) is 13.0. The maximum absolute atomic E-state index is 6.87. The van der Waals surface area contributed by atoms with Crippen LogP contribution in [0.4, 0.5) is 0 Å². The summed E-state index contributed by atoms with van der Waals surface area (Å²) >= 11 is 0. The molecular formula is C56H80FeO8P2. The molecule has 67 heavy (non-hydrogen) atoms. The van der Waals surface area contributed by atoms with Crippen molar-refractivity contribution in [3.63, 3.8) is 0 Å². The van der Waals surface area contributed by atoms with Crippen LogP contribution in [0.5, 0.6) is 23.0 Å². The van der Waals surface area contributed by atoms with E-state index >= 15 is 0 Å². The number of benzene rings is 4. The monoisotopic (exact) mass is 998 g/mol. The summed E-state index contributed by atoms with van der Waals surface area (Å²) in [5, 5.41) is 4.10. The molecule has 0 aliphatic heterocycles. The number of hydrogen-bond donors (Lipinski definition) is 0. The van der Waals surface area contributed by atoms with Crippen LogP contribution < -0.4 is 18.9 Å². The van der Waals surface area contributed by atoms with Crippen LogP contribution in [0.3, 0.4) is 0 Å². The summed E-state index contributed by atoms with van der Waals surface area (Å²) in [6, 6.07) is 16.8. The molecule has 0 spiro atoms. The Morgan fingerprint density at radius 3 is 0.731 bits per heavy atom. The van der Waals surface area contributed by atoms with E-state index in [0.717, 1.165) is 89.1 Å². The molecule has 2 fully saturated rings. The summed E-state index contributed by atoms with van der Waals surface area (Å²) in [6.07, 6.45) is 9.66. The van der Waals surface area contributed by atoms with Gasteiger partial charge in [-0.25, -0.2) is 0 Å². The van der Waals surface area contributed by atoms with Crippen LogP contribution in [0, 0.1) is 14.9 Å². The van der Waals surface area contributed by atoms with E-state index in [0.29, 0.717) is 11.3 Å². The van der Waals surface area contributed by atoms with Crippen LogP contribution in [0.1, 0.15) is 168 Å². The Morgan fingerprint density at radius 2 is 0.567 bits per heavy atom. The molecule has 2 aromatic heterocycles. The smallest absolute Gasteiger partial charge is 0.497 e. The molecule has 0 radical (unpaired) electrons. The van der Waals surface area contributed by atoms with Crippen molar-refractivity contribution in [3.05, 3.63) is 85.6 Å². The Morgan fingerprint density at radius 1 is 0.373 bits per heavy atom. The Balaban J connectivity index is 0.000000280. The van der Waals surface area contributed by atoms with E-state index in [9.17, 15) is 0 Å². The van der Waals surface area contributed by atoms with E-state index in [1.807, 2.05) is 0 Å². The predicted molar refractivity (Wildman–Crippen MR) is 281 cm³/mol. The van der Waals surface area contributed by atoms with Gasteiger partial charge in [0.05, 0.1) is 39.8 Å². The molecule has 2 aliphatic rings. The normalized spacial score (nSPS) is 14.8. The molecule has 4 aromatic carbocycles. The van der Waals surface area contributed by atoms with E-state index in [-0.39, 0.29) is 53.6 Å². The molecule has 2 heterocycles. The van der Waals surface area contributed by atoms with Crippen LogP contribution in [0.2, 0.25) is 0 Å². The summed E-state index contributed by atoms with van der Waals surface area (Å²) < 4.78 is 50.4. The van der Waals surface area contributed by atoms with Gasteiger partial charge in [-0.2, -0.15) is 0 Å². The Bertz CT molecular complexity index is 2370. The van der Waals surface area contributed by atoms with Gasteiger partial charge < -0.3 is 50.6 Å². The van der Waals surface area contributed by atoms with Gasteiger partial charge >= 0.3 is 17.1 Å². The molecule has 370 valence electrons. The zero-order chi connectivity index (χ0) is 46.5. The first-order chi connectivity index (χ1) is 30.0. The SMILES string of the molecule is COc1cc(C(C)(C)C)c2op(C3CCCC3)oc3c(C(C)(C)C)cc(OC)cc3c2c1.COc1cc(C(C)(C)C)c2op(C3CCCC3)oc3c(C(C)(C)C)cc(OC)cc3c2c1.[CH3-].[CH3-].[Fe+2]. The van der Waals surface area contributed by atoms with Gasteiger partial charge in [0, 0.05) is 43.8 Å². The van der Waals surface area contributed by atoms with Crippen LogP contribution in [-0.2, 0) is 38.7 Å².